The van der Waals surface area contributed by atoms with Gasteiger partial charge in [-0.3, -0.25) is 0 Å². The topological polar surface area (TPSA) is 26.3 Å². The standard InChI is InChI=1S/C24H28Cl2O2/c1-2-3-4-5-17-6-8-18(9-7-17)19-10-13-21(14-11-19)28-24(27)20-12-15-22(25)23(26)16-20/h10-18H,2-9H2,1H3/t17-,18-. The molecule has 0 bridgehead atoms. The molecule has 4 heteroatoms. The van der Waals surface area contributed by atoms with Crippen LogP contribution in [0.15, 0.2) is 42.5 Å². The maximum Gasteiger partial charge on any atom is 0.343 e. The Balaban J connectivity index is 1.52. The van der Waals surface area contributed by atoms with Crippen molar-refractivity contribution in [3.8, 4) is 5.75 Å². The summed E-state index contributed by atoms with van der Waals surface area (Å²) in [4.78, 5) is 12.3. The van der Waals surface area contributed by atoms with Crippen molar-refractivity contribution in [1.29, 1.82) is 0 Å². The number of unbranched alkanes of at least 4 members (excludes halogenated alkanes) is 2. The minimum Gasteiger partial charge on any atom is -0.423 e. The molecule has 0 saturated heterocycles. The summed E-state index contributed by atoms with van der Waals surface area (Å²) in [5, 5.41) is 0.763. The van der Waals surface area contributed by atoms with Crippen molar-refractivity contribution in [3.63, 3.8) is 0 Å². The molecule has 0 aliphatic heterocycles. The van der Waals surface area contributed by atoms with Gasteiger partial charge in [-0.2, -0.15) is 0 Å². The van der Waals surface area contributed by atoms with E-state index in [0.29, 0.717) is 27.3 Å². The van der Waals surface area contributed by atoms with Gasteiger partial charge in [0.1, 0.15) is 5.75 Å². The largest absolute Gasteiger partial charge is 0.423 e. The lowest BCUT2D eigenvalue weighted by atomic mass is 9.77. The molecule has 0 radical (unpaired) electrons. The molecule has 2 nitrogen and oxygen atoms in total. The lowest BCUT2D eigenvalue weighted by Crippen LogP contribution is -2.13. The van der Waals surface area contributed by atoms with E-state index in [1.165, 1.54) is 63.0 Å². The predicted molar refractivity (Wildman–Crippen MR) is 117 cm³/mol. The number of halogens is 2. The average molecular weight is 419 g/mol. The van der Waals surface area contributed by atoms with Crippen molar-refractivity contribution in [2.24, 2.45) is 5.92 Å². The molecule has 1 aliphatic carbocycles. The Labute approximate surface area is 178 Å². The minimum atomic E-state index is -0.432. The summed E-state index contributed by atoms with van der Waals surface area (Å²) in [5.74, 6) is 1.66. The first-order valence-electron chi connectivity index (χ1n) is 10.3. The molecule has 0 amide bonds. The molecule has 2 aromatic rings. The van der Waals surface area contributed by atoms with Crippen molar-refractivity contribution < 1.29 is 9.53 Å². The molecule has 0 atom stereocenters. The zero-order chi connectivity index (χ0) is 19.9. The molecule has 2 aromatic carbocycles. The van der Waals surface area contributed by atoms with Gasteiger partial charge in [0.25, 0.3) is 0 Å². The Hall–Kier alpha value is -1.51. The first-order valence-corrected chi connectivity index (χ1v) is 11.1. The summed E-state index contributed by atoms with van der Waals surface area (Å²) in [6, 6.07) is 12.7. The van der Waals surface area contributed by atoms with Crippen LogP contribution >= 0.6 is 23.2 Å². The number of ether oxygens (including phenoxy) is 1. The van der Waals surface area contributed by atoms with E-state index in [-0.39, 0.29) is 0 Å². The van der Waals surface area contributed by atoms with Gasteiger partial charge >= 0.3 is 5.97 Å². The van der Waals surface area contributed by atoms with Gasteiger partial charge in [-0.15, -0.1) is 0 Å². The van der Waals surface area contributed by atoms with Crippen molar-refractivity contribution in [1.82, 2.24) is 0 Å². The Morgan fingerprint density at radius 1 is 0.964 bits per heavy atom. The van der Waals surface area contributed by atoms with Crippen LogP contribution in [-0.2, 0) is 0 Å². The lowest BCUT2D eigenvalue weighted by Gasteiger charge is -2.29. The van der Waals surface area contributed by atoms with Crippen LogP contribution in [-0.4, -0.2) is 5.97 Å². The zero-order valence-electron chi connectivity index (χ0n) is 16.4. The molecule has 0 heterocycles. The number of carbonyl (C=O) groups excluding carboxylic acids is 1. The monoisotopic (exact) mass is 418 g/mol. The summed E-state index contributed by atoms with van der Waals surface area (Å²) in [7, 11) is 0. The smallest absolute Gasteiger partial charge is 0.343 e. The van der Waals surface area contributed by atoms with E-state index in [1.807, 2.05) is 12.1 Å². The molecule has 0 N–H and O–H groups in total. The fraction of sp³-hybridized carbons (Fsp3) is 0.458. The van der Waals surface area contributed by atoms with Gasteiger partial charge in [0.15, 0.2) is 0 Å². The van der Waals surface area contributed by atoms with Crippen molar-refractivity contribution >= 4 is 29.2 Å². The van der Waals surface area contributed by atoms with Gasteiger partial charge < -0.3 is 4.74 Å². The molecule has 1 saturated carbocycles. The van der Waals surface area contributed by atoms with Crippen LogP contribution in [0.25, 0.3) is 0 Å². The van der Waals surface area contributed by atoms with E-state index in [0.717, 1.165) is 5.92 Å². The van der Waals surface area contributed by atoms with Gasteiger partial charge in [0.2, 0.25) is 0 Å². The molecule has 1 fully saturated rings. The molecule has 1 aliphatic rings. The van der Waals surface area contributed by atoms with E-state index in [1.54, 1.807) is 12.1 Å². The van der Waals surface area contributed by atoms with Gasteiger partial charge in [-0.25, -0.2) is 4.79 Å². The number of rotatable bonds is 7. The Bertz CT molecular complexity index is 778. The summed E-state index contributed by atoms with van der Waals surface area (Å²) in [6.45, 7) is 2.27. The highest BCUT2D eigenvalue weighted by atomic mass is 35.5. The van der Waals surface area contributed by atoms with Crippen LogP contribution < -0.4 is 4.74 Å². The third-order valence-electron chi connectivity index (χ3n) is 5.78. The van der Waals surface area contributed by atoms with Crippen LogP contribution in [0.3, 0.4) is 0 Å². The molecular formula is C24H28Cl2O2. The highest BCUT2D eigenvalue weighted by molar-refractivity contribution is 6.42. The molecule has 3 rings (SSSR count). The van der Waals surface area contributed by atoms with Crippen LogP contribution in [0.5, 0.6) is 5.75 Å². The van der Waals surface area contributed by atoms with E-state index in [2.05, 4.69) is 19.1 Å². The number of carbonyl (C=O) groups is 1. The Morgan fingerprint density at radius 3 is 2.32 bits per heavy atom. The van der Waals surface area contributed by atoms with Crippen LogP contribution in [0.2, 0.25) is 10.0 Å². The molecule has 28 heavy (non-hydrogen) atoms. The second-order valence-electron chi connectivity index (χ2n) is 7.80. The van der Waals surface area contributed by atoms with Crippen LogP contribution in [0.4, 0.5) is 0 Å². The van der Waals surface area contributed by atoms with E-state index in [9.17, 15) is 4.79 Å². The van der Waals surface area contributed by atoms with E-state index in [4.69, 9.17) is 27.9 Å². The molecule has 0 unspecified atom stereocenters. The number of benzene rings is 2. The van der Waals surface area contributed by atoms with Crippen LogP contribution in [0, 0.1) is 5.92 Å². The second-order valence-corrected chi connectivity index (χ2v) is 8.62. The third-order valence-corrected chi connectivity index (χ3v) is 6.52. The Morgan fingerprint density at radius 2 is 1.68 bits per heavy atom. The SMILES string of the molecule is CCCCC[C@H]1CC[C@H](c2ccc(OC(=O)c3ccc(Cl)c(Cl)c3)cc2)CC1. The number of hydrogen-bond donors (Lipinski definition) is 0. The first-order chi connectivity index (χ1) is 13.6. The average Bonchev–Trinajstić information content (AvgIpc) is 2.71. The number of hydrogen-bond acceptors (Lipinski definition) is 2. The first kappa shape index (κ1) is 21.2. The van der Waals surface area contributed by atoms with Gasteiger partial charge in [0.05, 0.1) is 15.6 Å². The summed E-state index contributed by atoms with van der Waals surface area (Å²) >= 11 is 11.9. The molecule has 150 valence electrons. The van der Waals surface area contributed by atoms with Gasteiger partial charge in [-0.1, -0.05) is 67.9 Å². The van der Waals surface area contributed by atoms with E-state index >= 15 is 0 Å². The molecule has 0 aromatic heterocycles. The highest BCUT2D eigenvalue weighted by Gasteiger charge is 2.22. The summed E-state index contributed by atoms with van der Waals surface area (Å²) in [5.41, 5.74) is 1.74. The highest BCUT2D eigenvalue weighted by Crippen LogP contribution is 2.38. The fourth-order valence-electron chi connectivity index (χ4n) is 4.06. The van der Waals surface area contributed by atoms with Crippen LogP contribution in [0.1, 0.15) is 80.1 Å². The van der Waals surface area contributed by atoms with Gasteiger partial charge in [-0.05, 0) is 73.4 Å². The molecule has 0 spiro atoms. The Kier molecular flexibility index (Phi) is 7.82. The second kappa shape index (κ2) is 10.3. The molecular weight excluding hydrogens is 391 g/mol. The summed E-state index contributed by atoms with van der Waals surface area (Å²) in [6.07, 6.45) is 10.6. The van der Waals surface area contributed by atoms with Crippen molar-refractivity contribution in [2.45, 2.75) is 64.2 Å². The maximum atomic E-state index is 12.3. The predicted octanol–water partition coefficient (Wildman–Crippen LogP) is 8.07. The number of esters is 1. The van der Waals surface area contributed by atoms with Crippen molar-refractivity contribution in [2.75, 3.05) is 0 Å². The normalized spacial score (nSPS) is 19.4. The van der Waals surface area contributed by atoms with E-state index < -0.39 is 5.97 Å². The third kappa shape index (κ3) is 5.75. The maximum absolute atomic E-state index is 12.3. The van der Waals surface area contributed by atoms with Crippen molar-refractivity contribution in [3.05, 3.63) is 63.6 Å². The zero-order valence-corrected chi connectivity index (χ0v) is 17.9. The quantitative estimate of drug-likeness (QED) is 0.258. The fourth-order valence-corrected chi connectivity index (χ4v) is 4.36. The lowest BCUT2D eigenvalue weighted by molar-refractivity contribution is 0.0734. The summed E-state index contributed by atoms with van der Waals surface area (Å²) < 4.78 is 5.47. The van der Waals surface area contributed by atoms with Gasteiger partial charge in [0, 0.05) is 0 Å². The minimum absolute atomic E-state index is 0.344.